The van der Waals surface area contributed by atoms with Gasteiger partial charge in [-0.1, -0.05) is 19.1 Å². The van der Waals surface area contributed by atoms with Crippen LogP contribution in [-0.4, -0.2) is 48.3 Å². The molecular weight excluding hydrogens is 397 g/mol. The average molecular weight is 419 g/mol. The molecule has 6 heteroatoms. The number of hydrogen-bond donors (Lipinski definition) is 1. The molecule has 0 aromatic heterocycles. The topological polar surface area (TPSA) is 59.0 Å². The Labute approximate surface area is 147 Å². The number of carbonyl (C=O) groups is 1. The number of hydrogen-bond acceptors (Lipinski definition) is 4. The van der Waals surface area contributed by atoms with Gasteiger partial charge in [-0.05, 0) is 31.0 Å². The molecular formula is C16H22INO4. The van der Waals surface area contributed by atoms with Crippen LogP contribution in [0, 0.1) is 11.8 Å². The molecule has 0 bridgehead atoms. The van der Waals surface area contributed by atoms with E-state index in [4.69, 9.17) is 14.6 Å². The van der Waals surface area contributed by atoms with E-state index in [2.05, 4.69) is 11.8 Å². The van der Waals surface area contributed by atoms with Crippen LogP contribution < -0.4 is 9.47 Å². The van der Waals surface area contributed by atoms with Crippen molar-refractivity contribution in [3.8, 4) is 11.5 Å². The smallest absolute Gasteiger partial charge is 0.306 e. The molecule has 1 aliphatic carbocycles. The van der Waals surface area contributed by atoms with E-state index < -0.39 is 5.97 Å². The monoisotopic (exact) mass is 419 g/mol. The van der Waals surface area contributed by atoms with Crippen LogP contribution in [-0.2, 0) is 4.79 Å². The summed E-state index contributed by atoms with van der Waals surface area (Å²) in [5.41, 5.74) is 0. The summed E-state index contributed by atoms with van der Waals surface area (Å²) >= 11 is 0. The van der Waals surface area contributed by atoms with Crippen molar-refractivity contribution in [3.63, 3.8) is 0 Å². The zero-order valence-electron chi connectivity index (χ0n) is 12.6. The quantitative estimate of drug-likeness (QED) is 0.719. The Morgan fingerprint density at radius 3 is 2.68 bits per heavy atom. The Balaban J connectivity index is 0.00000176. The Kier molecular flexibility index (Phi) is 5.91. The fourth-order valence-electron chi connectivity index (χ4n) is 2.86. The van der Waals surface area contributed by atoms with Gasteiger partial charge in [-0.3, -0.25) is 9.69 Å². The molecule has 1 fully saturated rings. The summed E-state index contributed by atoms with van der Waals surface area (Å²) in [6.45, 7) is 5.13. The van der Waals surface area contributed by atoms with Crippen LogP contribution in [0.4, 0.5) is 0 Å². The standard InChI is InChI=1S/C16H21NO4.HI/c1-2-17(8-11-7-13(11)16(18)19)9-12-10-20-14-5-3-4-6-15(14)21-12;/h3-6,11-13H,2,7-10H2,1H3,(H,18,19);1H/t11-,12?,13+;/m0./s1. The van der Waals surface area contributed by atoms with Crippen LogP contribution in [0.5, 0.6) is 11.5 Å². The number of aliphatic carboxylic acids is 1. The molecule has 1 aromatic rings. The van der Waals surface area contributed by atoms with Crippen molar-refractivity contribution in [2.45, 2.75) is 19.4 Å². The summed E-state index contributed by atoms with van der Waals surface area (Å²) in [4.78, 5) is 13.2. The van der Waals surface area contributed by atoms with E-state index in [-0.39, 0.29) is 36.0 Å². The van der Waals surface area contributed by atoms with Crippen molar-refractivity contribution in [2.24, 2.45) is 11.8 Å². The molecule has 0 amide bonds. The molecule has 3 atom stereocenters. The third-order valence-corrected chi connectivity index (χ3v) is 4.21. The summed E-state index contributed by atoms with van der Waals surface area (Å²) in [5, 5.41) is 8.98. The maximum absolute atomic E-state index is 10.9. The summed E-state index contributed by atoms with van der Waals surface area (Å²) in [5.74, 6) is 1.06. The van der Waals surface area contributed by atoms with Gasteiger partial charge in [-0.15, -0.1) is 24.0 Å². The first-order chi connectivity index (χ1) is 10.2. The van der Waals surface area contributed by atoms with Crippen LogP contribution in [0.3, 0.4) is 0 Å². The van der Waals surface area contributed by atoms with Gasteiger partial charge in [-0.25, -0.2) is 0 Å². The number of ether oxygens (including phenoxy) is 2. The van der Waals surface area contributed by atoms with Crippen LogP contribution in [0.1, 0.15) is 13.3 Å². The van der Waals surface area contributed by atoms with E-state index in [0.717, 1.165) is 37.6 Å². The Bertz CT molecular complexity index is 525. The number of fused-ring (bicyclic) bond motifs is 1. The van der Waals surface area contributed by atoms with Gasteiger partial charge in [0.05, 0.1) is 5.92 Å². The first kappa shape index (κ1) is 17.3. The molecule has 1 N–H and O–H groups in total. The van der Waals surface area contributed by atoms with Gasteiger partial charge in [0.1, 0.15) is 12.7 Å². The summed E-state index contributed by atoms with van der Waals surface area (Å²) in [6, 6.07) is 7.69. The number of likely N-dealkylation sites (N-methyl/N-ethyl adjacent to an activating group) is 1. The van der Waals surface area contributed by atoms with E-state index in [1.165, 1.54) is 0 Å². The number of rotatable bonds is 6. The molecule has 1 unspecified atom stereocenters. The Morgan fingerprint density at radius 1 is 1.32 bits per heavy atom. The summed E-state index contributed by atoms with van der Waals surface area (Å²) < 4.78 is 11.7. The second kappa shape index (κ2) is 7.50. The zero-order valence-corrected chi connectivity index (χ0v) is 14.9. The third-order valence-electron chi connectivity index (χ3n) is 4.21. The third kappa shape index (κ3) is 4.04. The van der Waals surface area contributed by atoms with E-state index in [1.54, 1.807) is 0 Å². The lowest BCUT2D eigenvalue weighted by molar-refractivity contribution is -0.138. The summed E-state index contributed by atoms with van der Waals surface area (Å²) in [7, 11) is 0. The number of nitrogens with zero attached hydrogens (tertiary/aromatic N) is 1. The maximum atomic E-state index is 10.9. The van der Waals surface area contributed by atoms with Crippen molar-refractivity contribution in [1.82, 2.24) is 4.90 Å². The number of halogens is 1. The first-order valence-electron chi connectivity index (χ1n) is 7.51. The van der Waals surface area contributed by atoms with E-state index in [0.29, 0.717) is 12.5 Å². The van der Waals surface area contributed by atoms with E-state index >= 15 is 0 Å². The lowest BCUT2D eigenvalue weighted by Crippen LogP contribution is -2.41. The summed E-state index contributed by atoms with van der Waals surface area (Å²) in [6.07, 6.45) is 0.804. The van der Waals surface area contributed by atoms with E-state index in [1.807, 2.05) is 24.3 Å². The van der Waals surface area contributed by atoms with Crippen molar-refractivity contribution < 1.29 is 19.4 Å². The highest BCUT2D eigenvalue weighted by Gasteiger charge is 2.43. The predicted octanol–water partition coefficient (Wildman–Crippen LogP) is 2.49. The lowest BCUT2D eigenvalue weighted by Gasteiger charge is -2.30. The SMILES string of the molecule is CCN(CC1COc2ccccc2O1)C[C@@H]1C[C@H]1C(=O)O.I. The van der Waals surface area contributed by atoms with Crippen LogP contribution in [0.15, 0.2) is 24.3 Å². The molecule has 0 radical (unpaired) electrons. The average Bonchev–Trinajstić information content (AvgIpc) is 3.26. The van der Waals surface area contributed by atoms with Gasteiger partial charge >= 0.3 is 5.97 Å². The van der Waals surface area contributed by atoms with Crippen molar-refractivity contribution >= 4 is 29.9 Å². The highest BCUT2D eigenvalue weighted by molar-refractivity contribution is 14.0. The second-order valence-electron chi connectivity index (χ2n) is 5.79. The Hall–Kier alpha value is -1.02. The van der Waals surface area contributed by atoms with Gasteiger partial charge in [0.15, 0.2) is 11.5 Å². The minimum atomic E-state index is -0.665. The molecule has 1 saturated carbocycles. The number of para-hydroxylation sites is 2. The minimum Gasteiger partial charge on any atom is -0.486 e. The molecule has 0 spiro atoms. The molecule has 22 heavy (non-hydrogen) atoms. The molecule has 0 saturated heterocycles. The predicted molar refractivity (Wildman–Crippen MR) is 93.1 cm³/mol. The number of benzene rings is 1. The number of carboxylic acids is 1. The lowest BCUT2D eigenvalue weighted by atomic mass is 10.2. The second-order valence-corrected chi connectivity index (χ2v) is 5.79. The molecule has 1 heterocycles. The fourth-order valence-corrected chi connectivity index (χ4v) is 2.86. The van der Waals surface area contributed by atoms with Gasteiger partial charge < -0.3 is 14.6 Å². The van der Waals surface area contributed by atoms with Gasteiger partial charge in [0.25, 0.3) is 0 Å². The fraction of sp³-hybridized carbons (Fsp3) is 0.562. The molecule has 2 aliphatic rings. The normalized spacial score (nSPS) is 25.5. The van der Waals surface area contributed by atoms with Crippen molar-refractivity contribution in [3.05, 3.63) is 24.3 Å². The molecule has 5 nitrogen and oxygen atoms in total. The van der Waals surface area contributed by atoms with Crippen LogP contribution >= 0.6 is 24.0 Å². The van der Waals surface area contributed by atoms with Crippen LogP contribution in [0.2, 0.25) is 0 Å². The van der Waals surface area contributed by atoms with Gasteiger partial charge in [0.2, 0.25) is 0 Å². The van der Waals surface area contributed by atoms with Crippen LogP contribution in [0.25, 0.3) is 0 Å². The van der Waals surface area contributed by atoms with Gasteiger partial charge in [0, 0.05) is 13.1 Å². The zero-order chi connectivity index (χ0) is 14.8. The molecule has 3 rings (SSSR count). The van der Waals surface area contributed by atoms with Gasteiger partial charge in [-0.2, -0.15) is 0 Å². The molecule has 122 valence electrons. The molecule has 1 aromatic carbocycles. The minimum absolute atomic E-state index is 0. The van der Waals surface area contributed by atoms with E-state index in [9.17, 15) is 4.79 Å². The van der Waals surface area contributed by atoms with Crippen molar-refractivity contribution in [2.75, 3.05) is 26.2 Å². The highest BCUT2D eigenvalue weighted by Crippen LogP contribution is 2.39. The Morgan fingerprint density at radius 2 is 2.05 bits per heavy atom. The molecule has 1 aliphatic heterocycles. The largest absolute Gasteiger partial charge is 0.486 e. The number of carboxylic acid groups (broad SMARTS) is 1. The first-order valence-corrected chi connectivity index (χ1v) is 7.51. The van der Waals surface area contributed by atoms with Crippen molar-refractivity contribution in [1.29, 1.82) is 0 Å². The highest BCUT2D eigenvalue weighted by atomic mass is 127. The maximum Gasteiger partial charge on any atom is 0.306 e.